The summed E-state index contributed by atoms with van der Waals surface area (Å²) < 4.78 is 11.5. The van der Waals surface area contributed by atoms with Crippen LogP contribution in [-0.2, 0) is 26.3 Å². The highest BCUT2D eigenvalue weighted by atomic mass is 32.1. The topological polar surface area (TPSA) is 76.1 Å². The van der Waals surface area contributed by atoms with Gasteiger partial charge in [0.1, 0.15) is 4.88 Å². The number of piperidine rings is 1. The van der Waals surface area contributed by atoms with Gasteiger partial charge < -0.3 is 19.5 Å². The number of methoxy groups -OCH3 is 1. The average Bonchev–Trinajstić information content (AvgIpc) is 3.05. The van der Waals surface area contributed by atoms with Crippen LogP contribution in [0, 0.1) is 5.41 Å². The Kier molecular flexibility index (Phi) is 4.57. The largest absolute Gasteiger partial charge is 0.477 e. The zero-order valence-electron chi connectivity index (χ0n) is 15.1. The summed E-state index contributed by atoms with van der Waals surface area (Å²) in [4.78, 5) is 27.9. The van der Waals surface area contributed by atoms with Crippen LogP contribution >= 0.6 is 11.3 Å². The summed E-state index contributed by atoms with van der Waals surface area (Å²) in [6.07, 6.45) is 5.14. The van der Waals surface area contributed by atoms with E-state index in [1.807, 2.05) is 4.90 Å². The number of rotatable bonds is 4. The van der Waals surface area contributed by atoms with E-state index in [2.05, 4.69) is 0 Å². The van der Waals surface area contributed by atoms with Gasteiger partial charge in [0.05, 0.1) is 24.2 Å². The van der Waals surface area contributed by atoms with Gasteiger partial charge in [-0.25, -0.2) is 4.79 Å². The van der Waals surface area contributed by atoms with Crippen LogP contribution in [0.4, 0.5) is 0 Å². The van der Waals surface area contributed by atoms with Crippen molar-refractivity contribution in [1.29, 1.82) is 0 Å². The molecule has 0 radical (unpaired) electrons. The fraction of sp³-hybridized carbons (Fsp3) is 0.684. The molecule has 1 aromatic heterocycles. The minimum atomic E-state index is -0.876. The fourth-order valence-corrected chi connectivity index (χ4v) is 5.71. The van der Waals surface area contributed by atoms with Crippen LogP contribution in [0.1, 0.15) is 52.2 Å². The summed E-state index contributed by atoms with van der Waals surface area (Å²) in [6.45, 7) is 2.43. The summed E-state index contributed by atoms with van der Waals surface area (Å²) >= 11 is 1.37. The predicted molar refractivity (Wildman–Crippen MR) is 96.6 cm³/mol. The van der Waals surface area contributed by atoms with Crippen LogP contribution in [0.25, 0.3) is 0 Å². The first kappa shape index (κ1) is 17.9. The number of carboxylic acids is 1. The van der Waals surface area contributed by atoms with E-state index in [1.54, 1.807) is 13.2 Å². The normalized spacial score (nSPS) is 23.3. The van der Waals surface area contributed by atoms with E-state index in [1.165, 1.54) is 11.3 Å². The van der Waals surface area contributed by atoms with Crippen molar-refractivity contribution in [1.82, 2.24) is 4.90 Å². The molecule has 1 aromatic rings. The van der Waals surface area contributed by atoms with Crippen molar-refractivity contribution < 1.29 is 24.2 Å². The Morgan fingerprint density at radius 3 is 2.62 bits per heavy atom. The molecular weight excluding hydrogens is 354 g/mol. The first-order valence-electron chi connectivity index (χ1n) is 9.28. The Morgan fingerprint density at radius 1 is 1.31 bits per heavy atom. The van der Waals surface area contributed by atoms with E-state index in [0.717, 1.165) is 49.0 Å². The van der Waals surface area contributed by atoms with Crippen molar-refractivity contribution in [2.24, 2.45) is 5.41 Å². The number of ether oxygens (including phenoxy) is 2. The standard InChI is InChI=1S/C19H25NO5S/c1-24-12-18(4-2-5-18)17(23)20-8-6-19(7-9-20)13-11-15(16(21)22)26-14(13)3-10-25-19/h11H,2-10,12H2,1H3,(H,21,22). The predicted octanol–water partition coefficient (Wildman–Crippen LogP) is 2.65. The Balaban J connectivity index is 1.50. The van der Waals surface area contributed by atoms with Gasteiger partial charge in [0, 0.05) is 31.5 Å². The average molecular weight is 379 g/mol. The zero-order chi connectivity index (χ0) is 18.4. The summed E-state index contributed by atoms with van der Waals surface area (Å²) in [5, 5.41) is 9.31. The van der Waals surface area contributed by atoms with E-state index in [-0.39, 0.29) is 11.3 Å². The molecule has 1 amide bonds. The minimum absolute atomic E-state index is 0.216. The molecule has 26 heavy (non-hydrogen) atoms. The second kappa shape index (κ2) is 6.62. The Bertz CT molecular complexity index is 716. The van der Waals surface area contributed by atoms with Gasteiger partial charge in [0.15, 0.2) is 0 Å². The van der Waals surface area contributed by atoms with Crippen LogP contribution in [0.2, 0.25) is 0 Å². The van der Waals surface area contributed by atoms with Gasteiger partial charge in [0.2, 0.25) is 5.91 Å². The van der Waals surface area contributed by atoms with Crippen LogP contribution in [0.5, 0.6) is 0 Å². The molecule has 3 aliphatic rings. The first-order valence-corrected chi connectivity index (χ1v) is 10.1. The monoisotopic (exact) mass is 379 g/mol. The number of fused-ring (bicyclic) bond motifs is 2. The van der Waals surface area contributed by atoms with Crippen LogP contribution < -0.4 is 0 Å². The molecule has 4 rings (SSSR count). The third-order valence-corrected chi connectivity index (χ3v) is 7.44. The second-order valence-electron chi connectivity index (χ2n) is 7.70. The molecule has 1 saturated heterocycles. The summed E-state index contributed by atoms with van der Waals surface area (Å²) in [5.41, 5.74) is 0.285. The Labute approximate surface area is 157 Å². The number of amides is 1. The lowest BCUT2D eigenvalue weighted by Gasteiger charge is -2.48. The third kappa shape index (κ3) is 2.77. The number of carbonyl (C=O) groups is 2. The Hall–Kier alpha value is -1.44. The van der Waals surface area contributed by atoms with Gasteiger partial charge in [-0.2, -0.15) is 0 Å². The smallest absolute Gasteiger partial charge is 0.345 e. The van der Waals surface area contributed by atoms with Gasteiger partial charge in [-0.3, -0.25) is 4.79 Å². The highest BCUT2D eigenvalue weighted by molar-refractivity contribution is 7.14. The molecule has 0 bridgehead atoms. The van der Waals surface area contributed by atoms with E-state index in [0.29, 0.717) is 31.2 Å². The summed E-state index contributed by atoms with van der Waals surface area (Å²) in [6, 6.07) is 1.79. The van der Waals surface area contributed by atoms with Crippen molar-refractivity contribution in [3.05, 3.63) is 21.4 Å². The van der Waals surface area contributed by atoms with Gasteiger partial charge in [-0.05, 0) is 37.3 Å². The molecule has 3 heterocycles. The summed E-state index contributed by atoms with van der Waals surface area (Å²) in [5.74, 6) is -0.660. The third-order valence-electron chi connectivity index (χ3n) is 6.26. The van der Waals surface area contributed by atoms with Gasteiger partial charge in [-0.1, -0.05) is 6.42 Å². The molecule has 1 spiro atoms. The number of hydrogen-bond donors (Lipinski definition) is 1. The molecule has 0 atom stereocenters. The lowest BCUT2D eigenvalue weighted by molar-refractivity contribution is -0.159. The molecule has 2 fully saturated rings. The van der Waals surface area contributed by atoms with Gasteiger partial charge >= 0.3 is 5.97 Å². The van der Waals surface area contributed by atoms with E-state index >= 15 is 0 Å². The van der Waals surface area contributed by atoms with Gasteiger partial charge in [-0.15, -0.1) is 11.3 Å². The highest BCUT2D eigenvalue weighted by Gasteiger charge is 2.49. The van der Waals surface area contributed by atoms with E-state index < -0.39 is 11.6 Å². The highest BCUT2D eigenvalue weighted by Crippen LogP contribution is 2.47. The molecule has 2 aliphatic heterocycles. The number of nitrogens with zero attached hydrogens (tertiary/aromatic N) is 1. The maximum Gasteiger partial charge on any atom is 0.345 e. The molecule has 6 nitrogen and oxygen atoms in total. The first-order chi connectivity index (χ1) is 12.5. The number of carboxylic acid groups (broad SMARTS) is 1. The van der Waals surface area contributed by atoms with Crippen molar-refractivity contribution in [3.8, 4) is 0 Å². The molecular formula is C19H25NO5S. The molecule has 142 valence electrons. The van der Waals surface area contributed by atoms with Crippen LogP contribution in [-0.4, -0.2) is 55.3 Å². The molecule has 7 heteroatoms. The second-order valence-corrected chi connectivity index (χ2v) is 8.84. The number of thiophene rings is 1. The van der Waals surface area contributed by atoms with E-state index in [9.17, 15) is 14.7 Å². The number of likely N-dealkylation sites (tertiary alicyclic amines) is 1. The lowest BCUT2D eigenvalue weighted by Crippen LogP contribution is -2.55. The minimum Gasteiger partial charge on any atom is -0.477 e. The Morgan fingerprint density at radius 2 is 2.04 bits per heavy atom. The SMILES string of the molecule is COCC1(C(=O)N2CCC3(CC2)OCCc2sc(C(=O)O)cc23)CCC1. The molecule has 1 N–H and O–H groups in total. The van der Waals surface area contributed by atoms with Crippen molar-refractivity contribution in [3.63, 3.8) is 0 Å². The lowest BCUT2D eigenvalue weighted by atomic mass is 9.68. The van der Waals surface area contributed by atoms with Crippen molar-refractivity contribution >= 4 is 23.2 Å². The molecule has 0 unspecified atom stereocenters. The molecule has 0 aromatic carbocycles. The number of hydrogen-bond acceptors (Lipinski definition) is 5. The maximum atomic E-state index is 13.0. The van der Waals surface area contributed by atoms with Gasteiger partial charge in [0.25, 0.3) is 0 Å². The maximum absolute atomic E-state index is 13.0. The molecule has 1 aliphatic carbocycles. The number of aromatic carboxylic acids is 1. The quantitative estimate of drug-likeness (QED) is 0.870. The fourth-order valence-electron chi connectivity index (χ4n) is 4.64. The zero-order valence-corrected chi connectivity index (χ0v) is 15.9. The van der Waals surface area contributed by atoms with Crippen LogP contribution in [0.3, 0.4) is 0 Å². The summed E-state index contributed by atoms with van der Waals surface area (Å²) in [7, 11) is 1.66. The van der Waals surface area contributed by atoms with E-state index in [4.69, 9.17) is 9.47 Å². The number of carbonyl (C=O) groups excluding carboxylic acids is 1. The van der Waals surface area contributed by atoms with Crippen molar-refractivity contribution in [2.75, 3.05) is 33.4 Å². The van der Waals surface area contributed by atoms with Crippen LogP contribution in [0.15, 0.2) is 6.07 Å². The van der Waals surface area contributed by atoms with Crippen molar-refractivity contribution in [2.45, 2.75) is 44.1 Å². The molecule has 1 saturated carbocycles.